The molecule has 1 aliphatic carbocycles. The average molecular weight is 266 g/mol. The lowest BCUT2D eigenvalue weighted by Crippen LogP contribution is -2.16. The highest BCUT2D eigenvalue weighted by atomic mass is 35.5. The van der Waals surface area contributed by atoms with Crippen molar-refractivity contribution in [3.63, 3.8) is 0 Å². The molecule has 0 unspecified atom stereocenters. The maximum absolute atomic E-state index is 11.6. The van der Waals surface area contributed by atoms with Crippen molar-refractivity contribution in [2.75, 3.05) is 5.32 Å². The lowest BCUT2D eigenvalue weighted by molar-refractivity contribution is -0.117. The number of amides is 1. The summed E-state index contributed by atoms with van der Waals surface area (Å²) in [6.07, 6.45) is 0.402. The number of halogens is 1. The molecular weight excluding hydrogens is 254 g/mol. The van der Waals surface area contributed by atoms with E-state index < -0.39 is 6.09 Å². The van der Waals surface area contributed by atoms with Crippen LogP contribution in [-0.2, 0) is 9.53 Å². The third-order valence-corrected chi connectivity index (χ3v) is 2.91. The number of hydrogen-bond donors (Lipinski definition) is 1. The van der Waals surface area contributed by atoms with Gasteiger partial charge in [-0.05, 0) is 43.2 Å². The van der Waals surface area contributed by atoms with Gasteiger partial charge in [-0.25, -0.2) is 4.79 Å². The molecule has 94 valence electrons. The van der Waals surface area contributed by atoms with E-state index in [-0.39, 0.29) is 11.5 Å². The van der Waals surface area contributed by atoms with Crippen LogP contribution in [0.4, 0.5) is 10.5 Å². The molecule has 1 aromatic carbocycles. The predicted molar refractivity (Wildman–Crippen MR) is 68.5 cm³/mol. The minimum Gasteiger partial charge on any atom is -0.406 e. The number of ketones is 1. The topological polar surface area (TPSA) is 55.4 Å². The molecule has 0 fully saturated rings. The SMILES string of the molecule is CC1=C(OC(=O)Nc2ccc(Cl)cc2)C(=O)CC1. The molecular formula is C13H12ClNO3. The molecule has 5 heteroatoms. The first-order valence-corrected chi connectivity index (χ1v) is 5.91. The highest BCUT2D eigenvalue weighted by Gasteiger charge is 2.24. The van der Waals surface area contributed by atoms with Crippen molar-refractivity contribution in [2.45, 2.75) is 19.8 Å². The summed E-state index contributed by atoms with van der Waals surface area (Å²) in [4.78, 5) is 23.0. The molecule has 0 aliphatic heterocycles. The fraction of sp³-hybridized carbons (Fsp3) is 0.231. The summed E-state index contributed by atoms with van der Waals surface area (Å²) in [5.41, 5.74) is 1.37. The number of hydrogen-bond acceptors (Lipinski definition) is 3. The second-order valence-corrected chi connectivity index (χ2v) is 4.49. The van der Waals surface area contributed by atoms with Crippen molar-refractivity contribution < 1.29 is 14.3 Å². The number of ether oxygens (including phenoxy) is 1. The van der Waals surface area contributed by atoms with Crippen molar-refractivity contribution in [3.05, 3.63) is 40.6 Å². The average Bonchev–Trinajstić information content (AvgIpc) is 2.64. The van der Waals surface area contributed by atoms with E-state index in [1.54, 1.807) is 31.2 Å². The van der Waals surface area contributed by atoms with Gasteiger partial charge in [0, 0.05) is 17.1 Å². The van der Waals surface area contributed by atoms with Gasteiger partial charge in [0.05, 0.1) is 0 Å². The molecule has 0 saturated carbocycles. The second-order valence-electron chi connectivity index (χ2n) is 4.05. The fourth-order valence-electron chi connectivity index (χ4n) is 1.68. The number of rotatable bonds is 2. The van der Waals surface area contributed by atoms with E-state index in [0.717, 1.165) is 5.57 Å². The zero-order chi connectivity index (χ0) is 13.1. The molecule has 0 heterocycles. The van der Waals surface area contributed by atoms with Gasteiger partial charge in [0.15, 0.2) is 11.5 Å². The minimum absolute atomic E-state index is 0.126. The van der Waals surface area contributed by atoms with Crippen LogP contribution in [0.25, 0.3) is 0 Å². The van der Waals surface area contributed by atoms with Crippen LogP contribution in [0.1, 0.15) is 19.8 Å². The zero-order valence-electron chi connectivity index (χ0n) is 9.83. The Labute approximate surface area is 110 Å². The quantitative estimate of drug-likeness (QED) is 0.890. The first-order chi connectivity index (χ1) is 8.56. The van der Waals surface area contributed by atoms with E-state index in [1.807, 2.05) is 0 Å². The summed E-state index contributed by atoms with van der Waals surface area (Å²) in [6.45, 7) is 1.79. The molecule has 4 nitrogen and oxygen atoms in total. The fourth-order valence-corrected chi connectivity index (χ4v) is 1.81. The predicted octanol–water partition coefficient (Wildman–Crippen LogP) is 3.53. The Morgan fingerprint density at radius 3 is 2.50 bits per heavy atom. The van der Waals surface area contributed by atoms with Crippen LogP contribution in [0.3, 0.4) is 0 Å². The van der Waals surface area contributed by atoms with Crippen molar-refractivity contribution in [2.24, 2.45) is 0 Å². The molecule has 0 radical (unpaired) electrons. The molecule has 0 bridgehead atoms. The van der Waals surface area contributed by atoms with E-state index in [2.05, 4.69) is 5.32 Å². The van der Waals surface area contributed by atoms with Crippen LogP contribution in [-0.4, -0.2) is 11.9 Å². The summed E-state index contributed by atoms with van der Waals surface area (Å²) in [5, 5.41) is 3.11. The van der Waals surface area contributed by atoms with Crippen LogP contribution in [0.15, 0.2) is 35.6 Å². The summed E-state index contributed by atoms with van der Waals surface area (Å²) in [5.74, 6) is 0.0419. The van der Waals surface area contributed by atoms with Gasteiger partial charge < -0.3 is 4.74 Å². The Hall–Kier alpha value is -1.81. The van der Waals surface area contributed by atoms with Crippen LogP contribution in [0.5, 0.6) is 0 Å². The Bertz CT molecular complexity index is 520. The minimum atomic E-state index is -0.665. The van der Waals surface area contributed by atoms with Gasteiger partial charge in [-0.2, -0.15) is 0 Å². The lowest BCUT2D eigenvalue weighted by Gasteiger charge is -2.07. The molecule has 1 amide bonds. The van der Waals surface area contributed by atoms with Crippen LogP contribution in [0.2, 0.25) is 5.02 Å². The van der Waals surface area contributed by atoms with Gasteiger partial charge in [0.25, 0.3) is 0 Å². The molecule has 1 aliphatic rings. The van der Waals surface area contributed by atoms with E-state index >= 15 is 0 Å². The number of carbonyl (C=O) groups excluding carboxylic acids is 2. The smallest absolute Gasteiger partial charge is 0.406 e. The van der Waals surface area contributed by atoms with E-state index in [1.165, 1.54) is 0 Å². The Morgan fingerprint density at radius 2 is 1.94 bits per heavy atom. The number of allylic oxidation sites excluding steroid dienone is 2. The summed E-state index contributed by atoms with van der Waals surface area (Å²) < 4.78 is 5.02. The van der Waals surface area contributed by atoms with E-state index in [4.69, 9.17) is 16.3 Å². The Morgan fingerprint density at radius 1 is 1.28 bits per heavy atom. The Kier molecular flexibility index (Phi) is 3.67. The van der Waals surface area contributed by atoms with Crippen molar-refractivity contribution in [1.29, 1.82) is 0 Å². The standard InChI is InChI=1S/C13H12ClNO3/c1-8-2-7-11(16)12(8)18-13(17)15-10-5-3-9(14)4-6-10/h3-6H,2,7H2,1H3,(H,15,17). The van der Waals surface area contributed by atoms with Gasteiger partial charge >= 0.3 is 6.09 Å². The summed E-state index contributed by atoms with van der Waals surface area (Å²) in [7, 11) is 0. The second kappa shape index (κ2) is 5.23. The monoisotopic (exact) mass is 265 g/mol. The summed E-state index contributed by atoms with van der Waals surface area (Å²) >= 11 is 5.73. The molecule has 1 aromatic rings. The third-order valence-electron chi connectivity index (χ3n) is 2.65. The van der Waals surface area contributed by atoms with Crippen LogP contribution >= 0.6 is 11.6 Å². The van der Waals surface area contributed by atoms with Gasteiger partial charge in [0.2, 0.25) is 0 Å². The zero-order valence-corrected chi connectivity index (χ0v) is 10.6. The molecule has 0 atom stereocenters. The molecule has 1 N–H and O–H groups in total. The van der Waals surface area contributed by atoms with E-state index in [0.29, 0.717) is 23.6 Å². The van der Waals surface area contributed by atoms with Crippen molar-refractivity contribution >= 4 is 29.2 Å². The summed E-state index contributed by atoms with van der Waals surface area (Å²) in [6, 6.07) is 6.62. The number of benzene rings is 1. The molecule has 0 aromatic heterocycles. The number of anilines is 1. The van der Waals surface area contributed by atoms with Crippen LogP contribution in [0, 0.1) is 0 Å². The van der Waals surface area contributed by atoms with Gasteiger partial charge in [0.1, 0.15) is 0 Å². The third kappa shape index (κ3) is 2.90. The maximum Gasteiger partial charge on any atom is 0.417 e. The first-order valence-electron chi connectivity index (χ1n) is 5.53. The Balaban J connectivity index is 1.99. The van der Waals surface area contributed by atoms with Gasteiger partial charge in [-0.15, -0.1) is 0 Å². The van der Waals surface area contributed by atoms with Crippen molar-refractivity contribution in [3.8, 4) is 0 Å². The molecule has 2 rings (SSSR count). The van der Waals surface area contributed by atoms with Crippen LogP contribution < -0.4 is 5.32 Å². The molecule has 0 saturated heterocycles. The largest absolute Gasteiger partial charge is 0.417 e. The number of carbonyl (C=O) groups is 2. The highest BCUT2D eigenvalue weighted by molar-refractivity contribution is 6.30. The highest BCUT2D eigenvalue weighted by Crippen LogP contribution is 2.23. The molecule has 0 spiro atoms. The van der Waals surface area contributed by atoms with E-state index in [9.17, 15) is 9.59 Å². The molecule has 18 heavy (non-hydrogen) atoms. The lowest BCUT2D eigenvalue weighted by atomic mass is 10.3. The first kappa shape index (κ1) is 12.6. The van der Waals surface area contributed by atoms with Gasteiger partial charge in [-0.3, -0.25) is 10.1 Å². The number of Topliss-reactive ketones (excluding diaryl/α,β-unsaturated/α-hetero) is 1. The van der Waals surface area contributed by atoms with Gasteiger partial charge in [-0.1, -0.05) is 11.6 Å². The normalized spacial score (nSPS) is 14.9. The number of nitrogens with one attached hydrogen (secondary N) is 1. The maximum atomic E-state index is 11.6. The van der Waals surface area contributed by atoms with Crippen molar-refractivity contribution in [1.82, 2.24) is 0 Å².